The molecule has 0 aromatic carbocycles. The van der Waals surface area contributed by atoms with Gasteiger partial charge in [0.05, 0.1) is 10.7 Å². The van der Waals surface area contributed by atoms with Gasteiger partial charge in [0.25, 0.3) is 0 Å². The number of carboxylic acid groups (broad SMARTS) is 1. The third kappa shape index (κ3) is 3.93. The van der Waals surface area contributed by atoms with E-state index in [0.29, 0.717) is 13.1 Å². The molecule has 0 fully saturated rings. The lowest BCUT2D eigenvalue weighted by Crippen LogP contribution is -2.22. The predicted molar refractivity (Wildman–Crippen MR) is 50.6 cm³/mol. The van der Waals surface area contributed by atoms with Crippen molar-refractivity contribution in [1.29, 1.82) is 0 Å². The molecule has 13 heavy (non-hydrogen) atoms. The number of aromatic nitrogens is 2. The topological polar surface area (TPSA) is 67.2 Å². The molecule has 6 heteroatoms. The average molecular weight is 248 g/mol. The zero-order valence-electron chi connectivity index (χ0n) is 6.90. The first-order valence-electron chi connectivity index (χ1n) is 3.83. The molecular formula is C7H10BrN3O2. The molecule has 1 heterocycles. The highest BCUT2D eigenvalue weighted by molar-refractivity contribution is 9.10. The second-order valence-electron chi connectivity index (χ2n) is 2.51. The van der Waals surface area contributed by atoms with E-state index in [1.165, 1.54) is 0 Å². The monoisotopic (exact) mass is 247 g/mol. The van der Waals surface area contributed by atoms with Crippen molar-refractivity contribution in [3.05, 3.63) is 16.9 Å². The van der Waals surface area contributed by atoms with Crippen LogP contribution in [0.2, 0.25) is 0 Å². The molecule has 1 aromatic rings. The van der Waals surface area contributed by atoms with Crippen LogP contribution in [0, 0.1) is 0 Å². The smallest absolute Gasteiger partial charge is 0.404 e. The lowest BCUT2D eigenvalue weighted by molar-refractivity contribution is 0.194. The minimum absolute atomic E-state index is 0.451. The molecule has 0 atom stereocenters. The Morgan fingerprint density at radius 3 is 3.08 bits per heavy atom. The van der Waals surface area contributed by atoms with Crippen molar-refractivity contribution in [2.75, 3.05) is 6.54 Å². The van der Waals surface area contributed by atoms with Crippen LogP contribution in [0.1, 0.15) is 6.42 Å². The number of rotatable bonds is 4. The Kier molecular flexibility index (Phi) is 3.75. The van der Waals surface area contributed by atoms with E-state index < -0.39 is 6.09 Å². The first-order valence-corrected chi connectivity index (χ1v) is 4.62. The molecule has 0 radical (unpaired) electrons. The summed E-state index contributed by atoms with van der Waals surface area (Å²) in [4.78, 5) is 10.1. The first-order chi connectivity index (χ1) is 6.18. The zero-order chi connectivity index (χ0) is 9.68. The Morgan fingerprint density at radius 2 is 2.54 bits per heavy atom. The number of nitrogens with zero attached hydrogens (tertiary/aromatic N) is 2. The molecule has 72 valence electrons. The third-order valence-corrected chi connectivity index (χ3v) is 1.85. The molecular weight excluding hydrogens is 238 g/mol. The molecule has 1 rings (SSSR count). The average Bonchev–Trinajstić information content (AvgIpc) is 2.45. The van der Waals surface area contributed by atoms with Crippen LogP contribution >= 0.6 is 15.9 Å². The van der Waals surface area contributed by atoms with Crippen LogP contribution in [-0.2, 0) is 6.54 Å². The highest BCUT2D eigenvalue weighted by Crippen LogP contribution is 2.06. The summed E-state index contributed by atoms with van der Waals surface area (Å²) in [6.07, 6.45) is 3.30. The highest BCUT2D eigenvalue weighted by atomic mass is 79.9. The van der Waals surface area contributed by atoms with Crippen molar-refractivity contribution in [2.45, 2.75) is 13.0 Å². The summed E-state index contributed by atoms with van der Waals surface area (Å²) in [6.45, 7) is 1.17. The maximum Gasteiger partial charge on any atom is 0.404 e. The Balaban J connectivity index is 2.16. The number of hydrogen-bond donors (Lipinski definition) is 2. The van der Waals surface area contributed by atoms with Crippen LogP contribution in [0.5, 0.6) is 0 Å². The van der Waals surface area contributed by atoms with Gasteiger partial charge in [0.1, 0.15) is 0 Å². The molecule has 0 saturated heterocycles. The van der Waals surface area contributed by atoms with Gasteiger partial charge in [0.2, 0.25) is 0 Å². The third-order valence-electron chi connectivity index (χ3n) is 1.44. The molecule has 0 unspecified atom stereocenters. The molecule has 5 nitrogen and oxygen atoms in total. The minimum Gasteiger partial charge on any atom is -0.465 e. The van der Waals surface area contributed by atoms with Crippen molar-refractivity contribution in [3.63, 3.8) is 0 Å². The molecule has 0 aliphatic carbocycles. The summed E-state index contributed by atoms with van der Waals surface area (Å²) in [7, 11) is 0. The summed E-state index contributed by atoms with van der Waals surface area (Å²) < 4.78 is 2.69. The van der Waals surface area contributed by atoms with Gasteiger partial charge in [-0.25, -0.2) is 4.79 Å². The SMILES string of the molecule is O=C(O)NCCCn1cc(Br)cn1. The van der Waals surface area contributed by atoms with Crippen LogP contribution in [0.3, 0.4) is 0 Å². The summed E-state index contributed by atoms with van der Waals surface area (Å²) in [5.74, 6) is 0. The van der Waals surface area contributed by atoms with Crippen molar-refractivity contribution in [2.24, 2.45) is 0 Å². The summed E-state index contributed by atoms with van der Waals surface area (Å²) >= 11 is 3.27. The van der Waals surface area contributed by atoms with Gasteiger partial charge < -0.3 is 10.4 Å². The molecule has 1 aromatic heterocycles. The van der Waals surface area contributed by atoms with Gasteiger partial charge in [-0.2, -0.15) is 5.10 Å². The molecule has 0 aliphatic heterocycles. The standard InChI is InChI=1S/C7H10BrN3O2/c8-6-4-10-11(5-6)3-1-2-9-7(12)13/h4-5,9H,1-3H2,(H,12,13). The van der Waals surface area contributed by atoms with Crippen molar-refractivity contribution in [1.82, 2.24) is 15.1 Å². The number of hydrogen-bond acceptors (Lipinski definition) is 2. The molecule has 0 saturated carbocycles. The number of amides is 1. The first kappa shape index (κ1) is 10.0. The van der Waals surface area contributed by atoms with E-state index in [9.17, 15) is 4.79 Å². The summed E-state index contributed by atoms with van der Waals surface area (Å²) in [5.41, 5.74) is 0. The lowest BCUT2D eigenvalue weighted by atomic mass is 10.4. The van der Waals surface area contributed by atoms with Gasteiger partial charge in [-0.05, 0) is 22.4 Å². The molecule has 0 aliphatic rings. The van der Waals surface area contributed by atoms with Crippen molar-refractivity contribution in [3.8, 4) is 0 Å². The van der Waals surface area contributed by atoms with Gasteiger partial charge in [-0.3, -0.25) is 4.68 Å². The fourth-order valence-electron chi connectivity index (χ4n) is 0.897. The van der Waals surface area contributed by atoms with Crippen LogP contribution in [0.4, 0.5) is 4.79 Å². The van der Waals surface area contributed by atoms with Gasteiger partial charge >= 0.3 is 6.09 Å². The lowest BCUT2D eigenvalue weighted by Gasteiger charge is -2.00. The largest absolute Gasteiger partial charge is 0.465 e. The van der Waals surface area contributed by atoms with E-state index in [1.54, 1.807) is 10.9 Å². The fraction of sp³-hybridized carbons (Fsp3) is 0.429. The van der Waals surface area contributed by atoms with E-state index in [1.807, 2.05) is 6.20 Å². The maximum atomic E-state index is 10.1. The van der Waals surface area contributed by atoms with Gasteiger partial charge in [-0.15, -0.1) is 0 Å². The minimum atomic E-state index is -0.985. The quantitative estimate of drug-likeness (QED) is 0.789. The fourth-order valence-corrected chi connectivity index (χ4v) is 1.22. The van der Waals surface area contributed by atoms with E-state index in [0.717, 1.165) is 10.9 Å². The van der Waals surface area contributed by atoms with Crippen molar-refractivity contribution >= 4 is 22.0 Å². The van der Waals surface area contributed by atoms with E-state index in [-0.39, 0.29) is 0 Å². The molecule has 1 amide bonds. The molecule has 0 spiro atoms. The Labute approximate surface area is 83.9 Å². The Hall–Kier alpha value is -1.04. The zero-order valence-corrected chi connectivity index (χ0v) is 8.49. The van der Waals surface area contributed by atoms with E-state index in [2.05, 4.69) is 26.3 Å². The number of halogens is 1. The molecule has 2 N–H and O–H groups in total. The Bertz CT molecular complexity index is 287. The predicted octanol–water partition coefficient (Wildman–Crippen LogP) is 1.30. The second-order valence-corrected chi connectivity index (χ2v) is 3.42. The maximum absolute atomic E-state index is 10.1. The molecule has 0 bridgehead atoms. The second kappa shape index (κ2) is 4.86. The van der Waals surface area contributed by atoms with Gasteiger partial charge in [0.15, 0.2) is 0 Å². The van der Waals surface area contributed by atoms with Crippen molar-refractivity contribution < 1.29 is 9.90 Å². The summed E-state index contributed by atoms with van der Waals surface area (Å²) in [5, 5.41) is 14.6. The number of aryl methyl sites for hydroxylation is 1. The van der Waals surface area contributed by atoms with Crippen LogP contribution < -0.4 is 5.32 Å². The van der Waals surface area contributed by atoms with Gasteiger partial charge in [0, 0.05) is 19.3 Å². The van der Waals surface area contributed by atoms with Crippen LogP contribution in [0.25, 0.3) is 0 Å². The van der Waals surface area contributed by atoms with E-state index >= 15 is 0 Å². The van der Waals surface area contributed by atoms with Gasteiger partial charge in [-0.1, -0.05) is 0 Å². The van der Waals surface area contributed by atoms with Crippen LogP contribution in [-0.4, -0.2) is 27.5 Å². The Morgan fingerprint density at radius 1 is 1.77 bits per heavy atom. The summed E-state index contributed by atoms with van der Waals surface area (Å²) in [6, 6.07) is 0. The normalized spacial score (nSPS) is 9.92. The highest BCUT2D eigenvalue weighted by Gasteiger charge is 1.96. The number of nitrogens with one attached hydrogen (secondary N) is 1. The van der Waals surface area contributed by atoms with E-state index in [4.69, 9.17) is 5.11 Å². The number of carbonyl (C=O) groups is 1. The van der Waals surface area contributed by atoms with Crippen LogP contribution in [0.15, 0.2) is 16.9 Å².